The summed E-state index contributed by atoms with van der Waals surface area (Å²) in [5.41, 5.74) is 4.90. The summed E-state index contributed by atoms with van der Waals surface area (Å²) in [6.45, 7) is 10.8. The molecule has 0 bridgehead atoms. The van der Waals surface area contributed by atoms with Crippen molar-refractivity contribution in [2.24, 2.45) is 16.7 Å². The molecule has 32 heavy (non-hydrogen) atoms. The zero-order valence-electron chi connectivity index (χ0n) is 19.6. The number of pyridine rings is 1. The maximum Gasteiger partial charge on any atom is 0.228 e. The topological polar surface area (TPSA) is 80.1 Å². The molecule has 1 saturated heterocycles. The van der Waals surface area contributed by atoms with Gasteiger partial charge in [0.15, 0.2) is 0 Å². The molecule has 1 saturated carbocycles. The zero-order chi connectivity index (χ0) is 22.7. The summed E-state index contributed by atoms with van der Waals surface area (Å²) in [4.78, 5) is 31.2. The Labute approximate surface area is 189 Å². The number of rotatable bonds is 3. The van der Waals surface area contributed by atoms with Crippen LogP contribution >= 0.6 is 0 Å². The highest BCUT2D eigenvalue weighted by Crippen LogP contribution is 2.48. The van der Waals surface area contributed by atoms with Crippen LogP contribution in [0.2, 0.25) is 0 Å². The lowest BCUT2D eigenvalue weighted by Crippen LogP contribution is -2.30. The normalized spacial score (nSPS) is 26.0. The molecule has 2 atom stereocenters. The van der Waals surface area contributed by atoms with Crippen molar-refractivity contribution < 1.29 is 9.59 Å². The number of nitrogens with zero attached hydrogens (tertiary/aromatic N) is 4. The van der Waals surface area contributed by atoms with Crippen molar-refractivity contribution in [1.29, 1.82) is 0 Å². The van der Waals surface area contributed by atoms with Crippen molar-refractivity contribution in [2.45, 2.75) is 66.3 Å². The van der Waals surface area contributed by atoms with E-state index in [2.05, 4.69) is 40.9 Å². The minimum absolute atomic E-state index is 0.0188. The van der Waals surface area contributed by atoms with E-state index in [4.69, 9.17) is 0 Å². The van der Waals surface area contributed by atoms with Crippen molar-refractivity contribution in [2.75, 3.05) is 18.4 Å². The summed E-state index contributed by atoms with van der Waals surface area (Å²) in [7, 11) is 0. The Bertz CT molecular complexity index is 1090. The van der Waals surface area contributed by atoms with Gasteiger partial charge in [0.25, 0.3) is 0 Å². The molecule has 7 heteroatoms. The summed E-state index contributed by atoms with van der Waals surface area (Å²) < 4.78 is 2.11. The van der Waals surface area contributed by atoms with Gasteiger partial charge < -0.3 is 10.2 Å². The average Bonchev–Trinajstić information content (AvgIpc) is 3.48. The molecule has 1 aliphatic carbocycles. The predicted molar refractivity (Wildman–Crippen MR) is 123 cm³/mol. The first-order valence-electron chi connectivity index (χ1n) is 11.7. The van der Waals surface area contributed by atoms with E-state index in [9.17, 15) is 9.59 Å². The minimum Gasteiger partial charge on any atom is -0.342 e. The smallest absolute Gasteiger partial charge is 0.228 e. The van der Waals surface area contributed by atoms with Crippen LogP contribution in [0.25, 0.3) is 11.1 Å². The summed E-state index contributed by atoms with van der Waals surface area (Å²) in [6.07, 6.45) is 8.53. The fourth-order valence-corrected chi connectivity index (χ4v) is 5.99. The second kappa shape index (κ2) is 7.42. The number of hydrogen-bond donors (Lipinski definition) is 1. The standard InChI is InChI=1S/C25H33N5O2/c1-16-12-26-22(9-19(16)20-13-27-30-14-24(3,4)11-21(20)30)28-23(32)18-5-6-25(10-18)7-8-29(15-25)17(2)31/h9,12-13,18H,5-8,10-11,14-15H2,1-4H3,(H,26,28,32)/t18-,25+/m0/s1. The van der Waals surface area contributed by atoms with Gasteiger partial charge in [-0.3, -0.25) is 14.3 Å². The van der Waals surface area contributed by atoms with Crippen LogP contribution in [0.15, 0.2) is 18.5 Å². The molecule has 7 nitrogen and oxygen atoms in total. The fourth-order valence-electron chi connectivity index (χ4n) is 5.99. The van der Waals surface area contributed by atoms with E-state index >= 15 is 0 Å². The van der Waals surface area contributed by atoms with Crippen LogP contribution in [0.1, 0.15) is 57.7 Å². The first kappa shape index (κ1) is 21.2. The second-order valence-electron chi connectivity index (χ2n) is 11.0. The molecule has 2 aromatic heterocycles. The van der Waals surface area contributed by atoms with Crippen LogP contribution in [-0.4, -0.2) is 44.6 Å². The average molecular weight is 436 g/mol. The molecule has 2 amide bonds. The number of aryl methyl sites for hydroxylation is 1. The number of carbonyl (C=O) groups excluding carboxylic acids is 2. The number of hydrogen-bond acceptors (Lipinski definition) is 4. The van der Waals surface area contributed by atoms with Crippen LogP contribution in [0.5, 0.6) is 0 Å². The van der Waals surface area contributed by atoms with Crippen LogP contribution in [-0.2, 0) is 22.6 Å². The summed E-state index contributed by atoms with van der Waals surface area (Å²) in [5, 5.41) is 7.68. The lowest BCUT2D eigenvalue weighted by molar-refractivity contribution is -0.128. The van der Waals surface area contributed by atoms with Gasteiger partial charge in [0.2, 0.25) is 11.8 Å². The van der Waals surface area contributed by atoms with Gasteiger partial charge in [-0.25, -0.2) is 4.98 Å². The maximum atomic E-state index is 13.1. The monoisotopic (exact) mass is 435 g/mol. The van der Waals surface area contributed by atoms with Gasteiger partial charge in [-0.2, -0.15) is 5.10 Å². The zero-order valence-corrected chi connectivity index (χ0v) is 19.6. The van der Waals surface area contributed by atoms with Crippen LogP contribution in [0.3, 0.4) is 0 Å². The highest BCUT2D eigenvalue weighted by atomic mass is 16.2. The van der Waals surface area contributed by atoms with Crippen molar-refractivity contribution in [3.05, 3.63) is 29.7 Å². The molecule has 2 aromatic rings. The summed E-state index contributed by atoms with van der Waals surface area (Å²) >= 11 is 0. The predicted octanol–water partition coefficient (Wildman–Crippen LogP) is 3.81. The Kier molecular flexibility index (Phi) is 4.91. The first-order valence-corrected chi connectivity index (χ1v) is 11.7. The molecule has 1 N–H and O–H groups in total. The third kappa shape index (κ3) is 3.71. The third-order valence-corrected chi connectivity index (χ3v) is 7.77. The second-order valence-corrected chi connectivity index (χ2v) is 11.0. The molecule has 4 heterocycles. The Hall–Kier alpha value is -2.70. The minimum atomic E-state index is -0.0188. The van der Waals surface area contributed by atoms with Crippen molar-refractivity contribution >= 4 is 17.6 Å². The third-order valence-electron chi connectivity index (χ3n) is 7.77. The maximum absolute atomic E-state index is 13.1. The number of fused-ring (bicyclic) bond motifs is 1. The molecular weight excluding hydrogens is 402 g/mol. The fraction of sp³-hybridized carbons (Fsp3) is 0.600. The first-order chi connectivity index (χ1) is 15.1. The number of carbonyl (C=O) groups is 2. The van der Waals surface area contributed by atoms with E-state index in [-0.39, 0.29) is 28.6 Å². The summed E-state index contributed by atoms with van der Waals surface area (Å²) in [5.74, 6) is 0.771. The quantitative estimate of drug-likeness (QED) is 0.795. The Balaban J connectivity index is 1.31. The number of amides is 2. The largest absolute Gasteiger partial charge is 0.342 e. The van der Waals surface area contributed by atoms with Gasteiger partial charge in [0.05, 0.1) is 6.20 Å². The molecule has 3 aliphatic rings. The van der Waals surface area contributed by atoms with Gasteiger partial charge >= 0.3 is 0 Å². The SMILES string of the molecule is CC(=O)N1CC[C@@]2(CC[C@H](C(=O)Nc3cc(-c4cnn5c4CC(C)(C)C5)c(C)cn3)C2)C1. The Morgan fingerprint density at radius 1 is 1.16 bits per heavy atom. The van der Waals surface area contributed by atoms with Gasteiger partial charge in [-0.15, -0.1) is 0 Å². The molecule has 0 radical (unpaired) electrons. The van der Waals surface area contributed by atoms with Gasteiger partial charge in [0, 0.05) is 49.9 Å². The summed E-state index contributed by atoms with van der Waals surface area (Å²) in [6, 6.07) is 1.99. The van der Waals surface area contributed by atoms with Gasteiger partial charge in [-0.05, 0) is 67.1 Å². The van der Waals surface area contributed by atoms with Crippen molar-refractivity contribution in [3.63, 3.8) is 0 Å². The van der Waals surface area contributed by atoms with Crippen LogP contribution in [0.4, 0.5) is 5.82 Å². The van der Waals surface area contributed by atoms with Crippen molar-refractivity contribution in [1.82, 2.24) is 19.7 Å². The molecule has 2 aliphatic heterocycles. The van der Waals surface area contributed by atoms with E-state index in [1.54, 1.807) is 6.92 Å². The molecule has 170 valence electrons. The van der Waals surface area contributed by atoms with Crippen LogP contribution < -0.4 is 5.32 Å². The Morgan fingerprint density at radius 2 is 1.97 bits per heavy atom. The van der Waals surface area contributed by atoms with E-state index in [0.717, 1.165) is 68.4 Å². The highest BCUT2D eigenvalue weighted by Gasteiger charge is 2.46. The molecule has 0 unspecified atom stereocenters. The highest BCUT2D eigenvalue weighted by molar-refractivity contribution is 5.92. The molecule has 5 rings (SSSR count). The van der Waals surface area contributed by atoms with Gasteiger partial charge in [0.1, 0.15) is 5.82 Å². The number of anilines is 1. The molecule has 1 spiro atoms. The lowest BCUT2D eigenvalue weighted by atomic mass is 9.84. The molecular formula is C25H33N5O2. The van der Waals surface area contributed by atoms with Crippen LogP contribution in [0, 0.1) is 23.7 Å². The lowest BCUT2D eigenvalue weighted by Gasteiger charge is -2.23. The number of nitrogens with one attached hydrogen (secondary N) is 1. The van der Waals surface area contributed by atoms with E-state index in [1.807, 2.05) is 23.4 Å². The van der Waals surface area contributed by atoms with Crippen molar-refractivity contribution in [3.8, 4) is 11.1 Å². The number of likely N-dealkylation sites (tertiary alicyclic amines) is 1. The Morgan fingerprint density at radius 3 is 2.72 bits per heavy atom. The molecule has 0 aromatic carbocycles. The number of aromatic nitrogens is 3. The molecule has 2 fully saturated rings. The van der Waals surface area contributed by atoms with E-state index in [1.165, 1.54) is 5.69 Å². The van der Waals surface area contributed by atoms with E-state index in [0.29, 0.717) is 5.82 Å². The van der Waals surface area contributed by atoms with Gasteiger partial charge in [-0.1, -0.05) is 13.8 Å². The van der Waals surface area contributed by atoms with E-state index < -0.39 is 0 Å².